The van der Waals surface area contributed by atoms with Crippen LogP contribution in [0.15, 0.2) is 28.7 Å². The van der Waals surface area contributed by atoms with Gasteiger partial charge in [0, 0.05) is 24.6 Å². The lowest BCUT2D eigenvalue weighted by atomic mass is 9.96. The minimum Gasteiger partial charge on any atom is -0.420 e. The number of aromatic nitrogens is 3. The summed E-state index contributed by atoms with van der Waals surface area (Å²) in [6, 6.07) is 5.97. The molecule has 2 aromatic heterocycles. The van der Waals surface area contributed by atoms with Crippen molar-refractivity contribution in [1.29, 1.82) is 0 Å². The standard InChI is InChI=1S/C19H19FN4O2S/c1-11-16(27-12(2)21-11)19(25)24-9-7-14(8-10-24)18-23-22-17(26-18)13-3-5-15(20)6-4-13/h3-6,14H,7-10H2,1-2H3. The molecule has 0 aliphatic carbocycles. The Kier molecular flexibility index (Phi) is 4.73. The third-order valence-electron chi connectivity index (χ3n) is 4.76. The number of hydrogen-bond donors (Lipinski definition) is 0. The fourth-order valence-electron chi connectivity index (χ4n) is 3.31. The highest BCUT2D eigenvalue weighted by atomic mass is 32.1. The normalized spacial score (nSPS) is 15.3. The Morgan fingerprint density at radius 1 is 1.19 bits per heavy atom. The van der Waals surface area contributed by atoms with Gasteiger partial charge in [-0.1, -0.05) is 0 Å². The van der Waals surface area contributed by atoms with Crippen molar-refractivity contribution in [3.05, 3.63) is 51.6 Å². The van der Waals surface area contributed by atoms with E-state index in [0.717, 1.165) is 28.4 Å². The van der Waals surface area contributed by atoms with E-state index < -0.39 is 0 Å². The number of hydrogen-bond acceptors (Lipinski definition) is 6. The van der Waals surface area contributed by atoms with Gasteiger partial charge in [0.15, 0.2) is 0 Å². The predicted molar refractivity (Wildman–Crippen MR) is 99.2 cm³/mol. The number of benzene rings is 1. The first-order valence-electron chi connectivity index (χ1n) is 8.84. The molecule has 0 saturated carbocycles. The predicted octanol–water partition coefficient (Wildman–Crippen LogP) is 3.97. The van der Waals surface area contributed by atoms with Crippen LogP contribution in [0.1, 0.15) is 45.0 Å². The minimum atomic E-state index is -0.304. The number of likely N-dealkylation sites (tertiary alicyclic amines) is 1. The van der Waals surface area contributed by atoms with Gasteiger partial charge in [0.25, 0.3) is 5.91 Å². The fourth-order valence-corrected chi connectivity index (χ4v) is 4.20. The Morgan fingerprint density at radius 3 is 2.52 bits per heavy atom. The average molecular weight is 386 g/mol. The monoisotopic (exact) mass is 386 g/mol. The van der Waals surface area contributed by atoms with Crippen LogP contribution in [-0.2, 0) is 0 Å². The molecule has 140 valence electrons. The van der Waals surface area contributed by atoms with Gasteiger partial charge in [-0.15, -0.1) is 21.5 Å². The Bertz CT molecular complexity index is 959. The fraction of sp³-hybridized carbons (Fsp3) is 0.368. The van der Waals surface area contributed by atoms with Crippen molar-refractivity contribution >= 4 is 17.2 Å². The van der Waals surface area contributed by atoms with Crippen LogP contribution in [0.25, 0.3) is 11.5 Å². The Morgan fingerprint density at radius 2 is 1.89 bits per heavy atom. The van der Waals surface area contributed by atoms with Crippen LogP contribution in [0.3, 0.4) is 0 Å². The van der Waals surface area contributed by atoms with Gasteiger partial charge in [0.1, 0.15) is 10.7 Å². The molecule has 0 bridgehead atoms. The summed E-state index contributed by atoms with van der Waals surface area (Å²) in [4.78, 5) is 19.6. The van der Waals surface area contributed by atoms with Gasteiger partial charge >= 0.3 is 0 Å². The number of rotatable bonds is 3. The Labute approximate surface area is 160 Å². The zero-order chi connectivity index (χ0) is 19.0. The number of halogens is 1. The SMILES string of the molecule is Cc1nc(C)c(C(=O)N2CCC(c3nnc(-c4ccc(F)cc4)o3)CC2)s1. The Balaban J connectivity index is 1.41. The quantitative estimate of drug-likeness (QED) is 0.681. The first-order chi connectivity index (χ1) is 13.0. The van der Waals surface area contributed by atoms with E-state index in [2.05, 4.69) is 15.2 Å². The molecule has 27 heavy (non-hydrogen) atoms. The third-order valence-corrected chi connectivity index (χ3v) is 5.82. The minimum absolute atomic E-state index is 0.0501. The zero-order valence-corrected chi connectivity index (χ0v) is 15.9. The van der Waals surface area contributed by atoms with Gasteiger partial charge < -0.3 is 9.32 Å². The topological polar surface area (TPSA) is 72.1 Å². The van der Waals surface area contributed by atoms with Crippen LogP contribution in [0.2, 0.25) is 0 Å². The Hall–Kier alpha value is -2.61. The molecular formula is C19H19FN4O2S. The van der Waals surface area contributed by atoms with Gasteiger partial charge in [-0.2, -0.15) is 0 Å². The number of carbonyl (C=O) groups excluding carboxylic acids is 1. The van der Waals surface area contributed by atoms with Crippen molar-refractivity contribution in [2.24, 2.45) is 0 Å². The van der Waals surface area contributed by atoms with Gasteiger partial charge in [0.2, 0.25) is 11.8 Å². The van der Waals surface area contributed by atoms with Crippen LogP contribution in [0, 0.1) is 19.7 Å². The van der Waals surface area contributed by atoms with E-state index in [1.807, 2.05) is 18.7 Å². The van der Waals surface area contributed by atoms with Crippen molar-refractivity contribution in [1.82, 2.24) is 20.1 Å². The maximum atomic E-state index is 13.0. The highest BCUT2D eigenvalue weighted by molar-refractivity contribution is 7.13. The maximum Gasteiger partial charge on any atom is 0.265 e. The molecule has 1 aliphatic heterocycles. The highest BCUT2D eigenvalue weighted by Gasteiger charge is 2.29. The largest absolute Gasteiger partial charge is 0.420 e. The molecule has 0 N–H and O–H groups in total. The number of carbonyl (C=O) groups is 1. The molecule has 3 heterocycles. The van der Waals surface area contributed by atoms with Crippen molar-refractivity contribution in [3.63, 3.8) is 0 Å². The van der Waals surface area contributed by atoms with Crippen molar-refractivity contribution in [2.45, 2.75) is 32.6 Å². The number of aryl methyl sites for hydroxylation is 2. The second-order valence-electron chi connectivity index (χ2n) is 6.67. The lowest BCUT2D eigenvalue weighted by molar-refractivity contribution is 0.0710. The van der Waals surface area contributed by atoms with E-state index in [9.17, 15) is 9.18 Å². The van der Waals surface area contributed by atoms with E-state index in [4.69, 9.17) is 4.42 Å². The molecule has 6 nitrogen and oxygen atoms in total. The molecule has 8 heteroatoms. The van der Waals surface area contributed by atoms with Crippen molar-refractivity contribution < 1.29 is 13.6 Å². The molecule has 0 radical (unpaired) electrons. The summed E-state index contributed by atoms with van der Waals surface area (Å²) >= 11 is 1.45. The van der Waals surface area contributed by atoms with Crippen LogP contribution >= 0.6 is 11.3 Å². The van der Waals surface area contributed by atoms with Crippen LogP contribution in [0.4, 0.5) is 4.39 Å². The van der Waals surface area contributed by atoms with Crippen LogP contribution in [-0.4, -0.2) is 39.1 Å². The molecule has 0 spiro atoms. The molecule has 3 aromatic rings. The number of thiazole rings is 1. The van der Waals surface area contributed by atoms with E-state index in [-0.39, 0.29) is 17.6 Å². The summed E-state index contributed by atoms with van der Waals surface area (Å²) in [7, 11) is 0. The van der Waals surface area contributed by atoms with E-state index >= 15 is 0 Å². The summed E-state index contributed by atoms with van der Waals surface area (Å²) in [5.41, 5.74) is 1.49. The lowest BCUT2D eigenvalue weighted by Crippen LogP contribution is -2.37. The number of nitrogens with zero attached hydrogens (tertiary/aromatic N) is 4. The van der Waals surface area contributed by atoms with Gasteiger partial charge in [-0.05, 0) is 51.0 Å². The van der Waals surface area contributed by atoms with Crippen LogP contribution < -0.4 is 0 Å². The molecule has 1 aromatic carbocycles. The van der Waals surface area contributed by atoms with E-state index in [0.29, 0.717) is 30.4 Å². The summed E-state index contributed by atoms with van der Waals surface area (Å²) in [5.74, 6) is 0.835. The summed E-state index contributed by atoms with van der Waals surface area (Å²) in [6.07, 6.45) is 1.54. The second kappa shape index (κ2) is 7.19. The molecule has 4 rings (SSSR count). The molecule has 1 saturated heterocycles. The average Bonchev–Trinajstić information content (AvgIpc) is 3.28. The first kappa shape index (κ1) is 17.8. The van der Waals surface area contributed by atoms with Gasteiger partial charge in [0.05, 0.1) is 10.7 Å². The highest BCUT2D eigenvalue weighted by Crippen LogP contribution is 2.30. The smallest absolute Gasteiger partial charge is 0.265 e. The summed E-state index contributed by atoms with van der Waals surface area (Å²) in [5, 5.41) is 9.15. The zero-order valence-electron chi connectivity index (χ0n) is 15.1. The van der Waals surface area contributed by atoms with Crippen molar-refractivity contribution in [3.8, 4) is 11.5 Å². The molecular weight excluding hydrogens is 367 g/mol. The molecule has 1 fully saturated rings. The molecule has 1 aliphatic rings. The van der Waals surface area contributed by atoms with Gasteiger partial charge in [-0.3, -0.25) is 4.79 Å². The van der Waals surface area contributed by atoms with Crippen molar-refractivity contribution in [2.75, 3.05) is 13.1 Å². The summed E-state index contributed by atoms with van der Waals surface area (Å²) < 4.78 is 18.8. The third kappa shape index (κ3) is 3.62. The molecule has 0 unspecified atom stereocenters. The maximum absolute atomic E-state index is 13.0. The second-order valence-corrected chi connectivity index (χ2v) is 7.87. The summed E-state index contributed by atoms with van der Waals surface area (Å²) in [6.45, 7) is 5.08. The number of piperidine rings is 1. The van der Waals surface area contributed by atoms with E-state index in [1.54, 1.807) is 12.1 Å². The van der Waals surface area contributed by atoms with Gasteiger partial charge in [-0.25, -0.2) is 9.37 Å². The van der Waals surface area contributed by atoms with Crippen LogP contribution in [0.5, 0.6) is 0 Å². The lowest BCUT2D eigenvalue weighted by Gasteiger charge is -2.30. The number of amides is 1. The van der Waals surface area contributed by atoms with E-state index in [1.165, 1.54) is 23.5 Å². The first-order valence-corrected chi connectivity index (χ1v) is 9.65. The molecule has 1 amide bonds. The molecule has 0 atom stereocenters.